The molecule has 0 aliphatic carbocycles. The Labute approximate surface area is 224 Å². The molecule has 3 aromatic carbocycles. The highest BCUT2D eigenvalue weighted by Crippen LogP contribution is 2.28. The van der Waals surface area contributed by atoms with Crippen molar-refractivity contribution in [1.29, 1.82) is 0 Å². The van der Waals surface area contributed by atoms with Crippen LogP contribution in [0.4, 0.5) is 15.8 Å². The van der Waals surface area contributed by atoms with Gasteiger partial charge in [0.1, 0.15) is 5.82 Å². The van der Waals surface area contributed by atoms with E-state index in [2.05, 4.69) is 44.3 Å². The lowest BCUT2D eigenvalue weighted by Gasteiger charge is -2.40. The van der Waals surface area contributed by atoms with Crippen molar-refractivity contribution in [2.75, 3.05) is 70.8 Å². The molecule has 4 rings (SSSR count). The molecule has 1 heterocycles. The number of hydrogen-bond acceptors (Lipinski definition) is 6. The first kappa shape index (κ1) is 27.3. The number of methoxy groups -OCH3 is 2. The zero-order valence-electron chi connectivity index (χ0n) is 22.6. The molecule has 1 saturated heterocycles. The lowest BCUT2D eigenvalue weighted by molar-refractivity contribution is -0.120. The van der Waals surface area contributed by atoms with Crippen molar-refractivity contribution in [1.82, 2.24) is 10.2 Å². The Bertz CT molecular complexity index is 1190. The van der Waals surface area contributed by atoms with Crippen molar-refractivity contribution >= 4 is 17.3 Å². The first-order chi connectivity index (χ1) is 18.4. The quantitative estimate of drug-likeness (QED) is 0.434. The average molecular weight is 521 g/mol. The van der Waals surface area contributed by atoms with Gasteiger partial charge in [-0.3, -0.25) is 9.69 Å². The van der Waals surface area contributed by atoms with Crippen molar-refractivity contribution in [3.05, 3.63) is 83.7 Å². The van der Waals surface area contributed by atoms with Gasteiger partial charge in [0.15, 0.2) is 11.5 Å². The Morgan fingerprint density at radius 1 is 0.921 bits per heavy atom. The molecule has 1 N–H and O–H groups in total. The Hall–Kier alpha value is -3.78. The monoisotopic (exact) mass is 520 g/mol. The molecule has 0 bridgehead atoms. The minimum Gasteiger partial charge on any atom is -0.493 e. The number of rotatable bonds is 10. The Morgan fingerprint density at radius 2 is 1.58 bits per heavy atom. The molecule has 1 unspecified atom stereocenters. The van der Waals surface area contributed by atoms with Crippen molar-refractivity contribution in [3.8, 4) is 11.5 Å². The Morgan fingerprint density at radius 3 is 2.18 bits per heavy atom. The number of nitrogens with one attached hydrogen (secondary N) is 1. The van der Waals surface area contributed by atoms with Crippen LogP contribution in [0.1, 0.15) is 17.2 Å². The summed E-state index contributed by atoms with van der Waals surface area (Å²) in [7, 11) is 7.23. The molecule has 7 nitrogen and oxygen atoms in total. The molecule has 1 aliphatic heterocycles. The summed E-state index contributed by atoms with van der Waals surface area (Å²) in [6, 6.07) is 20.8. The summed E-state index contributed by atoms with van der Waals surface area (Å²) in [5.74, 6) is 0.975. The molecule has 0 radical (unpaired) electrons. The summed E-state index contributed by atoms with van der Waals surface area (Å²) in [6.45, 7) is 3.84. The van der Waals surface area contributed by atoms with E-state index in [1.807, 2.05) is 44.4 Å². The first-order valence-corrected chi connectivity index (χ1v) is 12.9. The summed E-state index contributed by atoms with van der Waals surface area (Å²) in [4.78, 5) is 19.7. The molecule has 0 saturated carbocycles. The van der Waals surface area contributed by atoms with Crippen LogP contribution in [-0.4, -0.2) is 71.8 Å². The maximum atomic E-state index is 13.4. The van der Waals surface area contributed by atoms with E-state index in [-0.39, 0.29) is 24.2 Å². The largest absolute Gasteiger partial charge is 0.493 e. The summed E-state index contributed by atoms with van der Waals surface area (Å²) in [6.07, 6.45) is 0.255. The third-order valence-electron chi connectivity index (χ3n) is 7.05. The highest BCUT2D eigenvalue weighted by molar-refractivity contribution is 5.78. The molecule has 0 aromatic heterocycles. The fourth-order valence-electron chi connectivity index (χ4n) is 4.85. The number of carbonyl (C=O) groups excluding carboxylic acids is 1. The molecular weight excluding hydrogens is 483 g/mol. The molecule has 38 heavy (non-hydrogen) atoms. The van der Waals surface area contributed by atoms with E-state index in [9.17, 15) is 9.18 Å². The molecule has 1 aliphatic rings. The van der Waals surface area contributed by atoms with Crippen LogP contribution < -0.4 is 24.6 Å². The van der Waals surface area contributed by atoms with Crippen LogP contribution in [-0.2, 0) is 11.2 Å². The molecule has 1 amide bonds. The topological polar surface area (TPSA) is 57.3 Å². The van der Waals surface area contributed by atoms with E-state index < -0.39 is 0 Å². The van der Waals surface area contributed by atoms with Crippen molar-refractivity contribution in [3.63, 3.8) is 0 Å². The second-order valence-corrected chi connectivity index (χ2v) is 9.67. The van der Waals surface area contributed by atoms with Gasteiger partial charge < -0.3 is 24.6 Å². The van der Waals surface area contributed by atoms with Gasteiger partial charge in [0.2, 0.25) is 5.91 Å². The zero-order chi connectivity index (χ0) is 27.1. The maximum Gasteiger partial charge on any atom is 0.224 e. The third-order valence-corrected chi connectivity index (χ3v) is 7.05. The first-order valence-electron chi connectivity index (χ1n) is 12.9. The van der Waals surface area contributed by atoms with Gasteiger partial charge in [0.25, 0.3) is 0 Å². The van der Waals surface area contributed by atoms with Gasteiger partial charge in [0.05, 0.1) is 26.7 Å². The number of carbonyl (C=O) groups is 1. The average Bonchev–Trinajstić information content (AvgIpc) is 2.94. The van der Waals surface area contributed by atoms with Crippen LogP contribution in [0.2, 0.25) is 0 Å². The third kappa shape index (κ3) is 6.75. The SMILES string of the molecule is COc1ccc(CC(=O)NCC(c2ccc(N(C)C)cc2)N2CCN(c3ccc(F)cc3)CC2)cc1OC. The summed E-state index contributed by atoms with van der Waals surface area (Å²) in [5.41, 5.74) is 4.18. The number of ether oxygens (including phenoxy) is 2. The van der Waals surface area contributed by atoms with Gasteiger partial charge in [-0.05, 0) is 59.7 Å². The summed E-state index contributed by atoms with van der Waals surface area (Å²) in [5, 5.41) is 3.16. The van der Waals surface area contributed by atoms with Crippen LogP contribution in [0.25, 0.3) is 0 Å². The second-order valence-electron chi connectivity index (χ2n) is 9.67. The Kier molecular flexibility index (Phi) is 9.07. The zero-order valence-corrected chi connectivity index (χ0v) is 22.6. The van der Waals surface area contributed by atoms with Crippen LogP contribution >= 0.6 is 0 Å². The van der Waals surface area contributed by atoms with Gasteiger partial charge in [-0.1, -0.05) is 18.2 Å². The molecule has 0 spiro atoms. The van der Waals surface area contributed by atoms with Crippen molar-refractivity contribution < 1.29 is 18.7 Å². The van der Waals surface area contributed by atoms with E-state index in [0.29, 0.717) is 18.0 Å². The second kappa shape index (κ2) is 12.6. The number of amides is 1. The van der Waals surface area contributed by atoms with E-state index in [1.165, 1.54) is 12.1 Å². The molecule has 3 aromatic rings. The lowest BCUT2D eigenvalue weighted by atomic mass is 10.0. The standard InChI is InChI=1S/C30H37FN4O3/c1-33(2)25-10-6-23(7-11-25)27(35-17-15-34(16-18-35)26-12-8-24(31)9-13-26)21-32-30(36)20-22-5-14-28(37-3)29(19-22)38-4/h5-14,19,27H,15-18,20-21H2,1-4H3,(H,32,36). The summed E-state index contributed by atoms with van der Waals surface area (Å²) >= 11 is 0. The van der Waals surface area contributed by atoms with E-state index in [1.54, 1.807) is 14.2 Å². The van der Waals surface area contributed by atoms with Gasteiger partial charge in [-0.2, -0.15) is 0 Å². The summed E-state index contributed by atoms with van der Waals surface area (Å²) < 4.78 is 24.0. The normalized spacial score (nSPS) is 14.6. The number of hydrogen-bond donors (Lipinski definition) is 1. The van der Waals surface area contributed by atoms with Crippen molar-refractivity contribution in [2.24, 2.45) is 0 Å². The number of piperazine rings is 1. The molecule has 1 fully saturated rings. The Balaban J connectivity index is 1.44. The molecule has 8 heteroatoms. The van der Waals surface area contributed by atoms with Gasteiger partial charge in [-0.15, -0.1) is 0 Å². The van der Waals surface area contributed by atoms with E-state index >= 15 is 0 Å². The molecule has 1 atom stereocenters. The lowest BCUT2D eigenvalue weighted by Crippen LogP contribution is -2.50. The fraction of sp³-hybridized carbons (Fsp3) is 0.367. The van der Waals surface area contributed by atoms with E-state index in [4.69, 9.17) is 9.47 Å². The molecule has 202 valence electrons. The van der Waals surface area contributed by atoms with Crippen molar-refractivity contribution in [2.45, 2.75) is 12.5 Å². The highest BCUT2D eigenvalue weighted by atomic mass is 19.1. The van der Waals surface area contributed by atoms with Gasteiger partial charge in [-0.25, -0.2) is 4.39 Å². The number of benzene rings is 3. The smallest absolute Gasteiger partial charge is 0.224 e. The van der Waals surface area contributed by atoms with Gasteiger partial charge >= 0.3 is 0 Å². The number of nitrogens with zero attached hydrogens (tertiary/aromatic N) is 3. The minimum atomic E-state index is -0.225. The minimum absolute atomic E-state index is 0.0379. The predicted molar refractivity (Wildman–Crippen MR) is 150 cm³/mol. The van der Waals surface area contributed by atoms with Gasteiger partial charge in [0, 0.05) is 58.2 Å². The predicted octanol–water partition coefficient (Wildman–Crippen LogP) is 4.13. The number of anilines is 2. The van der Waals surface area contributed by atoms with E-state index in [0.717, 1.165) is 48.7 Å². The highest BCUT2D eigenvalue weighted by Gasteiger charge is 2.26. The van der Waals surface area contributed by atoms with Crippen LogP contribution in [0.5, 0.6) is 11.5 Å². The number of halogens is 1. The fourth-order valence-corrected chi connectivity index (χ4v) is 4.85. The maximum absolute atomic E-state index is 13.4. The van der Waals surface area contributed by atoms with Crippen LogP contribution in [0.3, 0.4) is 0 Å². The van der Waals surface area contributed by atoms with Crippen LogP contribution in [0, 0.1) is 5.82 Å². The van der Waals surface area contributed by atoms with Crippen LogP contribution in [0.15, 0.2) is 66.7 Å². The molecular formula is C30H37FN4O3.